The first-order valence-electron chi connectivity index (χ1n) is 19.3. The second kappa shape index (κ2) is 13.0. The van der Waals surface area contributed by atoms with E-state index < -0.39 is 0 Å². The van der Waals surface area contributed by atoms with Crippen LogP contribution in [0.1, 0.15) is 61.1 Å². The van der Waals surface area contributed by atoms with Crippen molar-refractivity contribution in [1.29, 1.82) is 21.0 Å². The average Bonchev–Trinajstić information content (AvgIpc) is 4.13. The monoisotopic (exact) mass is 904 g/mol. The molecular formula is C48H24N8S6. The van der Waals surface area contributed by atoms with Gasteiger partial charge in [-0.15, -0.1) is 45.3 Å². The van der Waals surface area contributed by atoms with Crippen LogP contribution in [0.4, 0.5) is 0 Å². The van der Waals surface area contributed by atoms with E-state index in [1.807, 2.05) is 71.2 Å². The van der Waals surface area contributed by atoms with Crippen molar-refractivity contribution < 1.29 is 0 Å². The second-order valence-electron chi connectivity index (χ2n) is 16.5. The summed E-state index contributed by atoms with van der Waals surface area (Å²) in [6.45, 7) is 9.51. The summed E-state index contributed by atoms with van der Waals surface area (Å²) in [6, 6.07) is 29.8. The molecule has 4 aromatic carbocycles. The number of benzene rings is 4. The number of rotatable bonds is 4. The number of allylic oxidation sites excluding steroid dienone is 2. The molecule has 0 unspecified atom stereocenters. The summed E-state index contributed by atoms with van der Waals surface area (Å²) < 4.78 is 23.6. The van der Waals surface area contributed by atoms with Gasteiger partial charge in [0, 0.05) is 62.0 Å². The van der Waals surface area contributed by atoms with Crippen molar-refractivity contribution in [2.24, 2.45) is 0 Å². The first kappa shape index (κ1) is 37.3. The van der Waals surface area contributed by atoms with Gasteiger partial charge in [-0.05, 0) is 92.7 Å². The molecule has 0 bridgehead atoms. The van der Waals surface area contributed by atoms with Crippen LogP contribution in [0.2, 0.25) is 0 Å². The summed E-state index contributed by atoms with van der Waals surface area (Å²) in [6.07, 6.45) is 3.16. The molecule has 0 fully saturated rings. The number of thiophene rings is 4. The summed E-state index contributed by atoms with van der Waals surface area (Å²) in [5, 5.41) is 39.8. The average molecular weight is 905 g/mol. The predicted molar refractivity (Wildman–Crippen MR) is 257 cm³/mol. The molecule has 0 N–H and O–H groups in total. The van der Waals surface area contributed by atoms with E-state index in [1.165, 1.54) is 72.7 Å². The van der Waals surface area contributed by atoms with Gasteiger partial charge < -0.3 is 0 Å². The van der Waals surface area contributed by atoms with Crippen molar-refractivity contribution in [3.05, 3.63) is 105 Å². The van der Waals surface area contributed by atoms with Crippen LogP contribution in [0.25, 0.3) is 106 Å². The standard InChI is InChI=1S/C48H24N8S6/c1-47(2)31-15-33-25(13-35(57-33)27-7-5-23(9-21(17-49)18-50)39-41(27)55-61-53-39)11-29(31)43-37(47)45-46(59-43)38-44(60-45)30-12-26-14-36(58-34(26)16-32(30)48(38,3)4)28-8-6-24(10-22(19-51)20-52)40-42(28)56-62-54-40/h5-16H,1-4H3. The van der Waals surface area contributed by atoms with Crippen LogP contribution in [-0.4, -0.2) is 17.5 Å². The van der Waals surface area contributed by atoms with E-state index in [-0.39, 0.29) is 22.0 Å². The van der Waals surface area contributed by atoms with Crippen LogP contribution < -0.4 is 0 Å². The molecule has 292 valence electrons. The fraction of sp³-hybridized carbons (Fsp3) is 0.125. The van der Waals surface area contributed by atoms with Crippen LogP contribution in [0, 0.1) is 45.3 Å². The van der Waals surface area contributed by atoms with Gasteiger partial charge in [0.25, 0.3) is 0 Å². The first-order valence-corrected chi connectivity index (χ1v) is 24.1. The topological polar surface area (TPSA) is 147 Å². The van der Waals surface area contributed by atoms with E-state index in [1.54, 1.807) is 34.8 Å². The molecular weight excluding hydrogens is 881 g/mol. The van der Waals surface area contributed by atoms with Crippen LogP contribution in [0.3, 0.4) is 0 Å². The minimum atomic E-state index is -0.190. The zero-order valence-corrected chi connectivity index (χ0v) is 37.9. The van der Waals surface area contributed by atoms with Gasteiger partial charge in [0.2, 0.25) is 0 Å². The van der Waals surface area contributed by atoms with Gasteiger partial charge in [-0.3, -0.25) is 0 Å². The Hall–Kier alpha value is -6.46. The van der Waals surface area contributed by atoms with Gasteiger partial charge in [-0.2, -0.15) is 38.5 Å². The van der Waals surface area contributed by atoms with Crippen molar-refractivity contribution in [3.8, 4) is 66.0 Å². The van der Waals surface area contributed by atoms with Crippen LogP contribution in [-0.2, 0) is 10.8 Å². The Kier molecular flexibility index (Phi) is 7.84. The molecule has 8 nitrogen and oxygen atoms in total. The summed E-state index contributed by atoms with van der Waals surface area (Å²) in [7, 11) is 0. The molecule has 12 rings (SSSR count). The lowest BCUT2D eigenvalue weighted by Gasteiger charge is -2.22. The highest BCUT2D eigenvalue weighted by atomic mass is 32.1. The third-order valence-corrected chi connectivity index (χ3v) is 18.4. The van der Waals surface area contributed by atoms with E-state index in [9.17, 15) is 21.0 Å². The van der Waals surface area contributed by atoms with Crippen LogP contribution in [0.5, 0.6) is 0 Å². The molecule has 0 aliphatic heterocycles. The highest BCUT2D eigenvalue weighted by molar-refractivity contribution is 7.32. The van der Waals surface area contributed by atoms with Crippen molar-refractivity contribution in [2.75, 3.05) is 0 Å². The molecule has 0 saturated heterocycles. The van der Waals surface area contributed by atoms with E-state index >= 15 is 0 Å². The molecule has 6 aromatic heterocycles. The Balaban J connectivity index is 0.941. The third-order valence-electron chi connectivity index (χ3n) is 12.4. The quantitative estimate of drug-likeness (QED) is 0.159. The SMILES string of the molecule is CC1(C)c2cc3sc(-c4ccc(C=C(C#N)C#N)c5nsnc45)cc3cc2-c2sc3c4c(sc3c21)-c1cc2cc(-c3ccc(C=C(C#N)C#N)c5nsnc35)sc2cc1C4(C)C. The fourth-order valence-corrected chi connectivity index (χ4v) is 16.4. The molecule has 2 aliphatic rings. The maximum absolute atomic E-state index is 9.35. The summed E-state index contributed by atoms with van der Waals surface area (Å²) in [5.41, 5.74) is 14.3. The molecule has 10 aromatic rings. The predicted octanol–water partition coefficient (Wildman–Crippen LogP) is 14.2. The van der Waals surface area contributed by atoms with Gasteiger partial charge in [-0.25, -0.2) is 0 Å². The molecule has 14 heteroatoms. The van der Waals surface area contributed by atoms with Crippen molar-refractivity contribution in [2.45, 2.75) is 38.5 Å². The Morgan fingerprint density at radius 2 is 0.903 bits per heavy atom. The number of hydrogen-bond acceptors (Lipinski definition) is 14. The molecule has 0 amide bonds. The summed E-state index contributed by atoms with van der Waals surface area (Å²) >= 11 is 9.71. The maximum Gasteiger partial charge on any atom is 0.130 e. The minimum Gasteiger partial charge on any atom is -0.192 e. The van der Waals surface area contributed by atoms with E-state index in [0.717, 1.165) is 55.4 Å². The fourth-order valence-electron chi connectivity index (χ4n) is 9.46. The largest absolute Gasteiger partial charge is 0.192 e. The molecule has 0 radical (unpaired) electrons. The molecule has 2 aliphatic carbocycles. The van der Waals surface area contributed by atoms with Gasteiger partial charge in [-0.1, -0.05) is 52.0 Å². The maximum atomic E-state index is 9.35. The minimum absolute atomic E-state index is 0.0344. The van der Waals surface area contributed by atoms with Gasteiger partial charge in [0.15, 0.2) is 0 Å². The number of aromatic nitrogens is 4. The van der Waals surface area contributed by atoms with Crippen molar-refractivity contribution in [1.82, 2.24) is 17.5 Å². The summed E-state index contributed by atoms with van der Waals surface area (Å²) in [5.74, 6) is 0. The Morgan fingerprint density at radius 1 is 0.500 bits per heavy atom. The molecule has 0 saturated carbocycles. The van der Waals surface area contributed by atoms with E-state index in [4.69, 9.17) is 0 Å². The smallest absolute Gasteiger partial charge is 0.130 e. The molecule has 6 heterocycles. The lowest BCUT2D eigenvalue weighted by atomic mass is 9.81. The van der Waals surface area contributed by atoms with Crippen LogP contribution in [0.15, 0.2) is 71.8 Å². The Morgan fingerprint density at radius 3 is 1.31 bits per heavy atom. The lowest BCUT2D eigenvalue weighted by Crippen LogP contribution is -2.15. The van der Waals surface area contributed by atoms with Crippen LogP contribution >= 0.6 is 68.8 Å². The first-order chi connectivity index (χ1) is 30.0. The number of nitrogens with zero attached hydrogens (tertiary/aromatic N) is 8. The molecule has 0 spiro atoms. The lowest BCUT2D eigenvalue weighted by molar-refractivity contribution is 0.666. The van der Waals surface area contributed by atoms with E-state index in [2.05, 4.69) is 81.6 Å². The summed E-state index contributed by atoms with van der Waals surface area (Å²) in [4.78, 5) is 4.96. The zero-order chi connectivity index (χ0) is 42.4. The van der Waals surface area contributed by atoms with Crippen molar-refractivity contribution in [3.63, 3.8) is 0 Å². The van der Waals surface area contributed by atoms with E-state index in [0.29, 0.717) is 22.2 Å². The normalized spacial score (nSPS) is 14.0. The Labute approximate surface area is 378 Å². The zero-order valence-electron chi connectivity index (χ0n) is 33.0. The molecule has 0 atom stereocenters. The van der Waals surface area contributed by atoms with Crippen molar-refractivity contribution >= 4 is 133 Å². The second-order valence-corrected chi connectivity index (χ2v) is 21.8. The van der Waals surface area contributed by atoms with Gasteiger partial charge in [0.1, 0.15) is 57.5 Å². The third kappa shape index (κ3) is 5.02. The highest BCUT2D eigenvalue weighted by Crippen LogP contribution is 2.64. The van der Waals surface area contributed by atoms with Gasteiger partial charge in [0.05, 0.1) is 32.9 Å². The highest BCUT2D eigenvalue weighted by Gasteiger charge is 2.45. The van der Waals surface area contributed by atoms with Gasteiger partial charge >= 0.3 is 0 Å². The molecule has 62 heavy (non-hydrogen) atoms. The number of fused-ring (bicyclic) bond motifs is 13. The Bertz CT molecular complexity index is 3650. The number of hydrogen-bond donors (Lipinski definition) is 0. The number of nitriles is 4.